The maximum Gasteiger partial charge on any atom is 0.270 e. The molecule has 2 aromatic carbocycles. The van der Waals surface area contributed by atoms with E-state index in [0.717, 1.165) is 27.9 Å². The van der Waals surface area contributed by atoms with Crippen LogP contribution in [0.3, 0.4) is 0 Å². The third-order valence-corrected chi connectivity index (χ3v) is 6.23. The summed E-state index contributed by atoms with van der Waals surface area (Å²) in [6.45, 7) is 0.987. The summed E-state index contributed by atoms with van der Waals surface area (Å²) in [4.78, 5) is 37.9. The molecular weight excluding hydrogens is 428 g/mol. The van der Waals surface area contributed by atoms with E-state index >= 15 is 0 Å². The molecule has 1 aliphatic rings. The Balaban J connectivity index is 1.40. The SMILES string of the molecule is COc1ccc2[nH]c(C(=O)N3CC(=O)N(Cc4ccccc4)[C@@H](Cc4ccccn4)C3)cc2c1. The van der Waals surface area contributed by atoms with Crippen LogP contribution in [0.25, 0.3) is 10.9 Å². The highest BCUT2D eigenvalue weighted by molar-refractivity contribution is 6.00. The number of H-pyrrole nitrogens is 1. The molecule has 1 fully saturated rings. The molecule has 2 amide bonds. The van der Waals surface area contributed by atoms with Gasteiger partial charge in [0.25, 0.3) is 5.91 Å². The topological polar surface area (TPSA) is 78.5 Å². The molecule has 0 radical (unpaired) electrons. The standard InChI is InChI=1S/C27H26N4O3/c1-34-23-10-11-24-20(13-23)14-25(29-24)27(33)30-17-22(15-21-9-5-6-12-28-21)31(26(32)18-30)16-19-7-3-2-4-8-19/h2-14,22,29H,15-18H2,1H3/t22-/m0/s1. The number of aromatic amines is 1. The number of pyridine rings is 1. The molecule has 0 saturated carbocycles. The number of ether oxygens (including phenoxy) is 1. The van der Waals surface area contributed by atoms with Crippen molar-refractivity contribution in [2.75, 3.05) is 20.2 Å². The number of amides is 2. The van der Waals surface area contributed by atoms with E-state index in [1.165, 1.54) is 0 Å². The highest BCUT2D eigenvalue weighted by atomic mass is 16.5. The van der Waals surface area contributed by atoms with Gasteiger partial charge < -0.3 is 19.5 Å². The first-order valence-electron chi connectivity index (χ1n) is 11.3. The molecule has 0 spiro atoms. The van der Waals surface area contributed by atoms with Crippen molar-refractivity contribution in [2.24, 2.45) is 0 Å². The van der Waals surface area contributed by atoms with Crippen LogP contribution >= 0.6 is 0 Å². The highest BCUT2D eigenvalue weighted by Crippen LogP contribution is 2.24. The smallest absolute Gasteiger partial charge is 0.270 e. The van der Waals surface area contributed by atoms with Crippen LogP contribution < -0.4 is 4.74 Å². The first-order chi connectivity index (χ1) is 16.6. The van der Waals surface area contributed by atoms with E-state index in [9.17, 15) is 9.59 Å². The number of fused-ring (bicyclic) bond motifs is 1. The zero-order valence-corrected chi connectivity index (χ0v) is 19.0. The summed E-state index contributed by atoms with van der Waals surface area (Å²) in [5.74, 6) is 0.474. The Bertz CT molecular complexity index is 1300. The van der Waals surface area contributed by atoms with Crippen LogP contribution in [0.5, 0.6) is 5.75 Å². The lowest BCUT2D eigenvalue weighted by atomic mass is 10.0. The lowest BCUT2D eigenvalue weighted by Gasteiger charge is -2.41. The number of carbonyl (C=O) groups excluding carboxylic acids is 2. The van der Waals surface area contributed by atoms with Crippen molar-refractivity contribution in [1.82, 2.24) is 19.8 Å². The van der Waals surface area contributed by atoms with Crippen LogP contribution in [-0.2, 0) is 17.8 Å². The Morgan fingerprint density at radius 1 is 1.09 bits per heavy atom. The third kappa shape index (κ3) is 4.50. The largest absolute Gasteiger partial charge is 0.497 e. The number of hydrogen-bond acceptors (Lipinski definition) is 4. The quantitative estimate of drug-likeness (QED) is 0.482. The lowest BCUT2D eigenvalue weighted by molar-refractivity contribution is -0.139. The minimum absolute atomic E-state index is 0.0447. The first kappa shape index (κ1) is 21.7. The fraction of sp³-hybridized carbons (Fsp3) is 0.222. The molecule has 7 nitrogen and oxygen atoms in total. The fourth-order valence-corrected chi connectivity index (χ4v) is 4.49. The number of carbonyl (C=O) groups is 2. The van der Waals surface area contributed by atoms with Gasteiger partial charge in [0.05, 0.1) is 13.2 Å². The number of hydrogen-bond donors (Lipinski definition) is 1. The molecule has 7 heteroatoms. The summed E-state index contributed by atoms with van der Waals surface area (Å²) in [5.41, 5.74) is 3.27. The number of nitrogens with zero attached hydrogens (tertiary/aromatic N) is 3. The molecule has 1 saturated heterocycles. The van der Waals surface area contributed by atoms with Crippen molar-refractivity contribution < 1.29 is 14.3 Å². The van der Waals surface area contributed by atoms with Gasteiger partial charge in [-0.3, -0.25) is 14.6 Å². The summed E-state index contributed by atoms with van der Waals surface area (Å²) >= 11 is 0. The Hall–Kier alpha value is -4.13. The van der Waals surface area contributed by atoms with Crippen molar-refractivity contribution >= 4 is 22.7 Å². The fourth-order valence-electron chi connectivity index (χ4n) is 4.49. The minimum atomic E-state index is -0.186. The third-order valence-electron chi connectivity index (χ3n) is 6.23. The summed E-state index contributed by atoms with van der Waals surface area (Å²) in [5, 5.41) is 0.891. The van der Waals surface area contributed by atoms with Gasteiger partial charge in [0, 0.05) is 42.3 Å². The zero-order chi connectivity index (χ0) is 23.5. The number of rotatable bonds is 6. The average Bonchev–Trinajstić information content (AvgIpc) is 3.30. The van der Waals surface area contributed by atoms with Crippen LogP contribution in [0.4, 0.5) is 0 Å². The van der Waals surface area contributed by atoms with Gasteiger partial charge >= 0.3 is 0 Å². The maximum atomic E-state index is 13.4. The Labute approximate surface area is 198 Å². The highest BCUT2D eigenvalue weighted by Gasteiger charge is 2.35. The molecule has 0 aliphatic carbocycles. The van der Waals surface area contributed by atoms with Gasteiger partial charge in [0.2, 0.25) is 5.91 Å². The van der Waals surface area contributed by atoms with Crippen LogP contribution in [-0.4, -0.2) is 57.8 Å². The Morgan fingerprint density at radius 2 is 1.91 bits per heavy atom. The number of benzene rings is 2. The predicted molar refractivity (Wildman–Crippen MR) is 129 cm³/mol. The monoisotopic (exact) mass is 454 g/mol. The first-order valence-corrected chi connectivity index (χ1v) is 11.3. The number of piperazine rings is 1. The molecule has 1 atom stereocenters. The van der Waals surface area contributed by atoms with E-state index in [2.05, 4.69) is 9.97 Å². The summed E-state index contributed by atoms with van der Waals surface area (Å²) < 4.78 is 5.29. The van der Waals surface area contributed by atoms with Crippen LogP contribution in [0.1, 0.15) is 21.7 Å². The van der Waals surface area contributed by atoms with Crippen molar-refractivity contribution in [3.63, 3.8) is 0 Å². The zero-order valence-electron chi connectivity index (χ0n) is 19.0. The maximum absolute atomic E-state index is 13.4. The second-order valence-electron chi connectivity index (χ2n) is 8.51. The van der Waals surface area contributed by atoms with E-state index in [4.69, 9.17) is 4.74 Å². The van der Waals surface area contributed by atoms with Crippen molar-refractivity contribution in [3.05, 3.63) is 95.9 Å². The van der Waals surface area contributed by atoms with E-state index in [-0.39, 0.29) is 24.4 Å². The summed E-state index contributed by atoms with van der Waals surface area (Å²) in [6, 6.07) is 23.0. The van der Waals surface area contributed by atoms with Crippen LogP contribution in [0, 0.1) is 0 Å². The molecule has 3 heterocycles. The van der Waals surface area contributed by atoms with E-state index in [1.54, 1.807) is 18.2 Å². The van der Waals surface area contributed by atoms with Gasteiger partial charge in [-0.15, -0.1) is 0 Å². The molecule has 172 valence electrons. The molecule has 0 bridgehead atoms. The molecule has 0 unspecified atom stereocenters. The van der Waals surface area contributed by atoms with Crippen molar-refractivity contribution in [3.8, 4) is 5.75 Å². The molecule has 5 rings (SSSR count). The number of nitrogens with one attached hydrogen (secondary N) is 1. The van der Waals surface area contributed by atoms with E-state index in [0.29, 0.717) is 25.2 Å². The normalized spacial score (nSPS) is 16.1. The molecule has 4 aromatic rings. The molecule has 1 N–H and O–H groups in total. The number of methoxy groups -OCH3 is 1. The van der Waals surface area contributed by atoms with Gasteiger partial charge in [-0.2, -0.15) is 0 Å². The molecule has 1 aliphatic heterocycles. The Kier molecular flexibility index (Phi) is 5.99. The lowest BCUT2D eigenvalue weighted by Crippen LogP contribution is -2.58. The van der Waals surface area contributed by atoms with Gasteiger partial charge in [-0.05, 0) is 42.0 Å². The van der Waals surface area contributed by atoms with Gasteiger partial charge in [-0.25, -0.2) is 0 Å². The van der Waals surface area contributed by atoms with Gasteiger partial charge in [0.1, 0.15) is 18.0 Å². The molecular formula is C27H26N4O3. The van der Waals surface area contributed by atoms with E-state index in [1.807, 2.05) is 77.7 Å². The van der Waals surface area contributed by atoms with Crippen molar-refractivity contribution in [2.45, 2.75) is 19.0 Å². The minimum Gasteiger partial charge on any atom is -0.497 e. The molecule has 2 aromatic heterocycles. The van der Waals surface area contributed by atoms with Gasteiger partial charge in [-0.1, -0.05) is 36.4 Å². The van der Waals surface area contributed by atoms with Crippen LogP contribution in [0.15, 0.2) is 79.0 Å². The molecule has 34 heavy (non-hydrogen) atoms. The Morgan fingerprint density at radius 3 is 2.68 bits per heavy atom. The van der Waals surface area contributed by atoms with E-state index < -0.39 is 0 Å². The van der Waals surface area contributed by atoms with Crippen molar-refractivity contribution in [1.29, 1.82) is 0 Å². The second-order valence-corrected chi connectivity index (χ2v) is 8.51. The summed E-state index contributed by atoms with van der Waals surface area (Å²) in [7, 11) is 1.61. The second kappa shape index (κ2) is 9.39. The number of aromatic nitrogens is 2. The van der Waals surface area contributed by atoms with Crippen LogP contribution in [0.2, 0.25) is 0 Å². The average molecular weight is 455 g/mol. The summed E-state index contributed by atoms with van der Waals surface area (Å²) in [6.07, 6.45) is 2.33. The predicted octanol–water partition coefficient (Wildman–Crippen LogP) is 3.67. The van der Waals surface area contributed by atoms with Gasteiger partial charge in [0.15, 0.2) is 0 Å².